The molecule has 1 aliphatic rings. The van der Waals surface area contributed by atoms with Crippen LogP contribution in [0.2, 0.25) is 0 Å². The van der Waals surface area contributed by atoms with Gasteiger partial charge < -0.3 is 9.84 Å². The summed E-state index contributed by atoms with van der Waals surface area (Å²) in [6, 6.07) is 15.7. The van der Waals surface area contributed by atoms with E-state index in [1.165, 1.54) is 16.2 Å². The molecule has 0 aliphatic carbocycles. The minimum Gasteiger partial charge on any atom is -0.503 e. The molecular formula is C24H21NO4S. The van der Waals surface area contributed by atoms with Crippen LogP contribution in [0.3, 0.4) is 0 Å². The first-order valence-electron chi connectivity index (χ1n) is 9.48. The molecule has 1 aliphatic heterocycles. The molecule has 30 heavy (non-hydrogen) atoms. The number of carbonyl (C=O) groups excluding carboxylic acids is 2. The van der Waals surface area contributed by atoms with Crippen molar-refractivity contribution < 1.29 is 19.4 Å². The third-order valence-corrected chi connectivity index (χ3v) is 5.96. The lowest BCUT2D eigenvalue weighted by Gasteiger charge is -2.27. The van der Waals surface area contributed by atoms with E-state index < -0.39 is 17.7 Å². The van der Waals surface area contributed by atoms with E-state index in [4.69, 9.17) is 4.74 Å². The van der Waals surface area contributed by atoms with E-state index in [-0.39, 0.29) is 11.4 Å². The molecule has 2 heterocycles. The number of rotatable bonds is 5. The summed E-state index contributed by atoms with van der Waals surface area (Å²) in [6.07, 6.45) is 0. The maximum absolute atomic E-state index is 13.3. The predicted octanol–water partition coefficient (Wildman–Crippen LogP) is 5.16. The van der Waals surface area contributed by atoms with Gasteiger partial charge in [-0.2, -0.15) is 0 Å². The number of Topliss-reactive ketones (excluding diaryl/α,β-unsaturated/α-hetero) is 1. The van der Waals surface area contributed by atoms with Crippen molar-refractivity contribution in [2.45, 2.75) is 19.9 Å². The second-order valence-corrected chi connectivity index (χ2v) is 8.22. The number of aryl methyl sites for hydroxylation is 2. The van der Waals surface area contributed by atoms with Gasteiger partial charge in [0.2, 0.25) is 5.78 Å². The molecule has 1 N–H and O–H groups in total. The second-order valence-electron chi connectivity index (χ2n) is 7.27. The lowest BCUT2D eigenvalue weighted by molar-refractivity contribution is -0.117. The number of hydrogen-bond acceptors (Lipinski definition) is 5. The number of aliphatic hydroxyl groups is 1. The maximum atomic E-state index is 13.3. The number of nitrogens with zero attached hydrogens (tertiary/aromatic N) is 1. The predicted molar refractivity (Wildman–Crippen MR) is 117 cm³/mol. The standard InChI is InChI=1S/C24H21NO4S/c1-14-10-15(2)12-17(11-14)25-21(16-6-4-7-18(13-16)29-3)20(23(27)24(25)28)22(26)19-8-5-9-30-19/h4-13,21,27H,1-3H3. The number of benzene rings is 2. The highest BCUT2D eigenvalue weighted by atomic mass is 32.1. The zero-order valence-electron chi connectivity index (χ0n) is 16.9. The minimum absolute atomic E-state index is 0.0786. The van der Waals surface area contributed by atoms with Crippen molar-refractivity contribution in [1.29, 1.82) is 0 Å². The number of amides is 1. The van der Waals surface area contributed by atoms with E-state index in [1.807, 2.05) is 38.1 Å². The summed E-state index contributed by atoms with van der Waals surface area (Å²) in [4.78, 5) is 28.4. The smallest absolute Gasteiger partial charge is 0.294 e. The summed E-state index contributed by atoms with van der Waals surface area (Å²) in [6.45, 7) is 3.89. The van der Waals surface area contributed by atoms with Crippen LogP contribution in [-0.4, -0.2) is 23.9 Å². The van der Waals surface area contributed by atoms with Crippen molar-refractivity contribution >= 4 is 28.7 Å². The van der Waals surface area contributed by atoms with Crippen molar-refractivity contribution in [3.8, 4) is 5.75 Å². The van der Waals surface area contributed by atoms with Crippen LogP contribution in [0.4, 0.5) is 5.69 Å². The quantitative estimate of drug-likeness (QED) is 0.581. The summed E-state index contributed by atoms with van der Waals surface area (Å²) in [7, 11) is 1.56. The Bertz CT molecular complexity index is 1140. The van der Waals surface area contributed by atoms with Gasteiger partial charge in [-0.15, -0.1) is 11.3 Å². The zero-order valence-corrected chi connectivity index (χ0v) is 17.7. The van der Waals surface area contributed by atoms with Crippen LogP contribution >= 0.6 is 11.3 Å². The first kappa shape index (κ1) is 19.9. The molecule has 0 bridgehead atoms. The Morgan fingerprint density at radius 3 is 2.43 bits per heavy atom. The van der Waals surface area contributed by atoms with Crippen LogP contribution in [0.1, 0.15) is 32.4 Å². The molecule has 0 spiro atoms. The third-order valence-electron chi connectivity index (χ3n) is 5.09. The largest absolute Gasteiger partial charge is 0.503 e. The molecule has 5 nitrogen and oxygen atoms in total. The van der Waals surface area contributed by atoms with E-state index >= 15 is 0 Å². The highest BCUT2D eigenvalue weighted by Crippen LogP contribution is 2.43. The highest BCUT2D eigenvalue weighted by molar-refractivity contribution is 7.12. The number of thiophene rings is 1. The summed E-state index contributed by atoms with van der Waals surface area (Å²) in [5.41, 5.74) is 3.37. The number of anilines is 1. The Labute approximate surface area is 178 Å². The molecule has 0 saturated carbocycles. The van der Waals surface area contributed by atoms with E-state index in [0.29, 0.717) is 21.9 Å². The van der Waals surface area contributed by atoms with Gasteiger partial charge in [0.05, 0.1) is 23.6 Å². The van der Waals surface area contributed by atoms with Gasteiger partial charge in [-0.25, -0.2) is 0 Å². The molecule has 1 unspecified atom stereocenters. The summed E-state index contributed by atoms with van der Waals surface area (Å²) >= 11 is 1.28. The molecule has 0 radical (unpaired) electrons. The van der Waals surface area contributed by atoms with Crippen molar-refractivity contribution in [3.05, 3.63) is 92.9 Å². The first-order chi connectivity index (χ1) is 14.4. The molecule has 0 saturated heterocycles. The number of methoxy groups -OCH3 is 1. The summed E-state index contributed by atoms with van der Waals surface area (Å²) < 4.78 is 5.35. The first-order valence-corrected chi connectivity index (χ1v) is 10.4. The lowest BCUT2D eigenvalue weighted by atomic mass is 9.94. The van der Waals surface area contributed by atoms with Crippen LogP contribution in [-0.2, 0) is 4.79 Å². The number of hydrogen-bond donors (Lipinski definition) is 1. The Morgan fingerprint density at radius 2 is 1.80 bits per heavy atom. The highest BCUT2D eigenvalue weighted by Gasteiger charge is 2.45. The molecule has 3 aromatic rings. The molecule has 6 heteroatoms. The molecule has 152 valence electrons. The van der Waals surface area contributed by atoms with Crippen LogP contribution < -0.4 is 9.64 Å². The Kier molecular flexibility index (Phi) is 5.18. The molecule has 2 aromatic carbocycles. The SMILES string of the molecule is COc1cccc(C2C(C(=O)c3cccs3)=C(O)C(=O)N2c2cc(C)cc(C)c2)c1. The number of ketones is 1. The Hall–Kier alpha value is -3.38. The number of ether oxygens (including phenoxy) is 1. The van der Waals surface area contributed by atoms with Gasteiger partial charge >= 0.3 is 0 Å². The number of carbonyl (C=O) groups is 2. The van der Waals surface area contributed by atoms with E-state index in [2.05, 4.69) is 0 Å². The molecule has 1 aromatic heterocycles. The third kappa shape index (κ3) is 3.39. The van der Waals surface area contributed by atoms with Gasteiger partial charge in [-0.05, 0) is 66.2 Å². The number of aliphatic hydroxyl groups excluding tert-OH is 1. The Balaban J connectivity index is 1.92. The van der Waals surface area contributed by atoms with Gasteiger partial charge in [0.15, 0.2) is 5.76 Å². The summed E-state index contributed by atoms with van der Waals surface area (Å²) in [5.74, 6) is -0.849. The molecule has 1 atom stereocenters. The van der Waals surface area contributed by atoms with Crippen molar-refractivity contribution in [2.24, 2.45) is 0 Å². The van der Waals surface area contributed by atoms with Gasteiger partial charge in [-0.3, -0.25) is 14.5 Å². The average Bonchev–Trinajstić information content (AvgIpc) is 3.34. The van der Waals surface area contributed by atoms with Crippen LogP contribution in [0, 0.1) is 13.8 Å². The van der Waals surface area contributed by atoms with Crippen LogP contribution in [0.15, 0.2) is 71.3 Å². The van der Waals surface area contributed by atoms with Crippen molar-refractivity contribution in [2.75, 3.05) is 12.0 Å². The van der Waals surface area contributed by atoms with Crippen LogP contribution in [0.5, 0.6) is 5.75 Å². The van der Waals surface area contributed by atoms with Gasteiger partial charge in [-0.1, -0.05) is 24.3 Å². The maximum Gasteiger partial charge on any atom is 0.294 e. The van der Waals surface area contributed by atoms with Crippen molar-refractivity contribution in [1.82, 2.24) is 0 Å². The normalized spacial score (nSPS) is 16.3. The van der Waals surface area contributed by atoms with Gasteiger partial charge in [0.1, 0.15) is 5.75 Å². The van der Waals surface area contributed by atoms with E-state index in [0.717, 1.165) is 11.1 Å². The zero-order chi connectivity index (χ0) is 21.4. The molecular weight excluding hydrogens is 398 g/mol. The average molecular weight is 420 g/mol. The lowest BCUT2D eigenvalue weighted by Crippen LogP contribution is -2.31. The topological polar surface area (TPSA) is 66.8 Å². The Morgan fingerprint density at radius 1 is 1.07 bits per heavy atom. The molecule has 0 fully saturated rings. The minimum atomic E-state index is -0.761. The fourth-order valence-corrected chi connectivity index (χ4v) is 4.54. The van der Waals surface area contributed by atoms with Gasteiger partial charge in [0, 0.05) is 5.69 Å². The summed E-state index contributed by atoms with van der Waals surface area (Å²) in [5, 5.41) is 12.6. The van der Waals surface area contributed by atoms with E-state index in [1.54, 1.807) is 42.8 Å². The second kappa shape index (κ2) is 7.80. The molecule has 1 amide bonds. The van der Waals surface area contributed by atoms with Crippen LogP contribution in [0.25, 0.3) is 0 Å². The van der Waals surface area contributed by atoms with Gasteiger partial charge in [0.25, 0.3) is 5.91 Å². The van der Waals surface area contributed by atoms with E-state index in [9.17, 15) is 14.7 Å². The monoisotopic (exact) mass is 419 g/mol. The van der Waals surface area contributed by atoms with Crippen molar-refractivity contribution in [3.63, 3.8) is 0 Å². The fourth-order valence-electron chi connectivity index (χ4n) is 3.86. The molecule has 4 rings (SSSR count). The fraction of sp³-hybridized carbons (Fsp3) is 0.167.